The minimum absolute atomic E-state index is 0.141. The summed E-state index contributed by atoms with van der Waals surface area (Å²) in [5, 5.41) is -1.52. The van der Waals surface area contributed by atoms with Crippen LogP contribution < -0.4 is 0 Å². The van der Waals surface area contributed by atoms with Crippen LogP contribution >= 0.6 is 34.2 Å². The Kier molecular flexibility index (Phi) is 3.93. The lowest BCUT2D eigenvalue weighted by molar-refractivity contribution is -0.0558. The van der Waals surface area contributed by atoms with Gasteiger partial charge in [0.15, 0.2) is 0 Å². The Balaban J connectivity index is 3.13. The second-order valence-electron chi connectivity index (χ2n) is 2.50. The van der Waals surface area contributed by atoms with E-state index in [-0.39, 0.29) is 5.69 Å². The molecule has 0 aromatic heterocycles. The van der Waals surface area contributed by atoms with E-state index in [1.807, 2.05) is 0 Å². The highest BCUT2D eigenvalue weighted by molar-refractivity contribution is 14.1. The van der Waals surface area contributed by atoms with Crippen molar-refractivity contribution in [3.63, 3.8) is 0 Å². The van der Waals surface area contributed by atoms with Crippen LogP contribution in [0.2, 0.25) is 0 Å². The molecule has 0 N–H and O–H groups in total. The van der Waals surface area contributed by atoms with Gasteiger partial charge in [0.25, 0.3) is 0 Å². The highest BCUT2D eigenvalue weighted by atomic mass is 127. The van der Waals surface area contributed by atoms with Crippen LogP contribution in [0.15, 0.2) is 23.2 Å². The van der Waals surface area contributed by atoms with E-state index in [4.69, 9.17) is 11.6 Å². The third-order valence-electron chi connectivity index (χ3n) is 1.36. The molecular weight excluding hydrogens is 348 g/mol. The van der Waals surface area contributed by atoms with Gasteiger partial charge in [-0.25, -0.2) is 9.38 Å². The fourth-order valence-electron chi connectivity index (χ4n) is 0.741. The number of halogens is 6. The first-order valence-corrected chi connectivity index (χ1v) is 5.03. The van der Waals surface area contributed by atoms with E-state index in [9.17, 15) is 17.6 Å². The average molecular weight is 351 g/mol. The third kappa shape index (κ3) is 3.60. The molecule has 0 aliphatic rings. The van der Waals surface area contributed by atoms with Crippen LogP contribution in [0, 0.1) is 9.39 Å². The molecule has 1 aromatic carbocycles. The van der Waals surface area contributed by atoms with Crippen molar-refractivity contribution in [2.75, 3.05) is 0 Å². The SMILES string of the molecule is Fc1ccc(I)c(N=C(Cl)C(F)(F)F)c1. The molecule has 82 valence electrons. The number of nitrogens with zero attached hydrogens (tertiary/aromatic N) is 1. The van der Waals surface area contributed by atoms with Gasteiger partial charge in [-0.2, -0.15) is 13.2 Å². The molecule has 0 saturated carbocycles. The van der Waals surface area contributed by atoms with Crippen LogP contribution in [0.1, 0.15) is 0 Å². The van der Waals surface area contributed by atoms with Crippen molar-refractivity contribution >= 4 is 45.1 Å². The molecule has 1 rings (SSSR count). The molecule has 0 heterocycles. The Labute approximate surface area is 101 Å². The maximum atomic E-state index is 12.7. The lowest BCUT2D eigenvalue weighted by Crippen LogP contribution is -2.16. The smallest absolute Gasteiger partial charge is 0.231 e. The zero-order valence-corrected chi connectivity index (χ0v) is 9.86. The zero-order chi connectivity index (χ0) is 11.6. The van der Waals surface area contributed by atoms with E-state index in [0.29, 0.717) is 3.57 Å². The predicted octanol–water partition coefficient (Wildman–Crippen LogP) is 4.26. The van der Waals surface area contributed by atoms with Crippen LogP contribution in [-0.4, -0.2) is 11.3 Å². The van der Waals surface area contributed by atoms with Crippen LogP contribution in [-0.2, 0) is 0 Å². The number of aliphatic imine (C=N–C) groups is 1. The van der Waals surface area contributed by atoms with Gasteiger partial charge >= 0.3 is 6.18 Å². The highest BCUT2D eigenvalue weighted by Gasteiger charge is 2.34. The van der Waals surface area contributed by atoms with Gasteiger partial charge in [-0.15, -0.1) is 0 Å². The summed E-state index contributed by atoms with van der Waals surface area (Å²) in [7, 11) is 0. The Morgan fingerprint density at radius 2 is 1.93 bits per heavy atom. The maximum absolute atomic E-state index is 12.7. The van der Waals surface area contributed by atoms with Crippen LogP contribution in [0.4, 0.5) is 23.2 Å². The number of benzene rings is 1. The number of hydrogen-bond donors (Lipinski definition) is 0. The van der Waals surface area contributed by atoms with Crippen LogP contribution in [0.5, 0.6) is 0 Å². The second kappa shape index (κ2) is 4.65. The average Bonchev–Trinajstić information content (AvgIpc) is 2.09. The van der Waals surface area contributed by atoms with Gasteiger partial charge in [-0.1, -0.05) is 11.6 Å². The summed E-state index contributed by atoms with van der Waals surface area (Å²) in [6.45, 7) is 0. The zero-order valence-electron chi connectivity index (χ0n) is 6.95. The molecule has 1 aromatic rings. The molecule has 0 amide bonds. The number of alkyl halides is 3. The molecule has 0 saturated heterocycles. The Morgan fingerprint density at radius 3 is 2.47 bits per heavy atom. The highest BCUT2D eigenvalue weighted by Crippen LogP contribution is 2.27. The van der Waals surface area contributed by atoms with E-state index >= 15 is 0 Å². The monoisotopic (exact) mass is 351 g/mol. The molecular formula is C8H3ClF4IN. The Morgan fingerprint density at radius 1 is 1.33 bits per heavy atom. The lowest BCUT2D eigenvalue weighted by Gasteiger charge is -2.04. The van der Waals surface area contributed by atoms with E-state index in [0.717, 1.165) is 12.1 Å². The Bertz CT molecular complexity index is 402. The van der Waals surface area contributed by atoms with Gasteiger partial charge in [0.2, 0.25) is 5.17 Å². The molecule has 0 radical (unpaired) electrons. The predicted molar refractivity (Wildman–Crippen MR) is 58.1 cm³/mol. The normalized spacial score (nSPS) is 13.1. The molecule has 0 unspecified atom stereocenters. The number of hydrogen-bond acceptors (Lipinski definition) is 1. The van der Waals surface area contributed by atoms with E-state index in [1.165, 1.54) is 6.07 Å². The quantitative estimate of drug-likeness (QED) is 0.407. The fraction of sp³-hybridized carbons (Fsp3) is 0.125. The first-order valence-electron chi connectivity index (χ1n) is 3.57. The first kappa shape index (κ1) is 12.7. The Hall–Kier alpha value is -0.370. The maximum Gasteiger partial charge on any atom is 0.444 e. The van der Waals surface area contributed by atoms with Gasteiger partial charge < -0.3 is 0 Å². The molecule has 0 fully saturated rings. The van der Waals surface area contributed by atoms with E-state index in [2.05, 4.69) is 4.99 Å². The van der Waals surface area contributed by atoms with Gasteiger partial charge in [0.1, 0.15) is 5.82 Å². The van der Waals surface area contributed by atoms with Crippen molar-refractivity contribution in [1.29, 1.82) is 0 Å². The van der Waals surface area contributed by atoms with Gasteiger partial charge in [-0.05, 0) is 34.7 Å². The largest absolute Gasteiger partial charge is 0.444 e. The van der Waals surface area contributed by atoms with E-state index < -0.39 is 17.2 Å². The molecule has 0 bridgehead atoms. The minimum Gasteiger partial charge on any atom is -0.231 e. The first-order chi connectivity index (χ1) is 6.80. The molecule has 15 heavy (non-hydrogen) atoms. The summed E-state index contributed by atoms with van der Waals surface area (Å²) in [6.07, 6.45) is -4.71. The third-order valence-corrected chi connectivity index (χ3v) is 2.57. The molecule has 1 nitrogen and oxygen atoms in total. The fourth-order valence-corrected chi connectivity index (χ4v) is 1.29. The summed E-state index contributed by atoms with van der Waals surface area (Å²) in [5.74, 6) is -0.666. The molecule has 0 aliphatic carbocycles. The summed E-state index contributed by atoms with van der Waals surface area (Å²) >= 11 is 6.65. The molecule has 0 atom stereocenters. The van der Waals surface area contributed by atoms with Crippen LogP contribution in [0.25, 0.3) is 0 Å². The number of rotatable bonds is 1. The molecule has 0 spiro atoms. The standard InChI is InChI=1S/C8H3ClF4IN/c9-7(8(11,12)13)15-6-3-4(10)1-2-5(6)14/h1-3H. The topological polar surface area (TPSA) is 12.4 Å². The van der Waals surface area contributed by atoms with Crippen molar-refractivity contribution in [3.8, 4) is 0 Å². The van der Waals surface area contributed by atoms with Crippen molar-refractivity contribution in [2.24, 2.45) is 4.99 Å². The summed E-state index contributed by atoms with van der Waals surface area (Å²) in [5.41, 5.74) is -0.141. The summed E-state index contributed by atoms with van der Waals surface area (Å²) in [4.78, 5) is 3.10. The van der Waals surface area contributed by atoms with Crippen LogP contribution in [0.3, 0.4) is 0 Å². The molecule has 7 heteroatoms. The van der Waals surface area contributed by atoms with Gasteiger partial charge in [0.05, 0.1) is 5.69 Å². The van der Waals surface area contributed by atoms with Gasteiger partial charge in [0, 0.05) is 9.64 Å². The minimum atomic E-state index is -4.71. The second-order valence-corrected chi connectivity index (χ2v) is 4.02. The van der Waals surface area contributed by atoms with E-state index in [1.54, 1.807) is 22.6 Å². The summed E-state index contributed by atoms with van der Waals surface area (Å²) < 4.78 is 49.1. The summed E-state index contributed by atoms with van der Waals surface area (Å²) in [6, 6.07) is 3.33. The molecule has 0 aliphatic heterocycles. The van der Waals surface area contributed by atoms with Crippen molar-refractivity contribution in [1.82, 2.24) is 0 Å². The van der Waals surface area contributed by atoms with Gasteiger partial charge in [-0.3, -0.25) is 0 Å². The van der Waals surface area contributed by atoms with Crippen molar-refractivity contribution in [3.05, 3.63) is 27.6 Å². The lowest BCUT2D eigenvalue weighted by atomic mass is 10.3. The van der Waals surface area contributed by atoms with Crippen molar-refractivity contribution < 1.29 is 17.6 Å². The van der Waals surface area contributed by atoms with Crippen molar-refractivity contribution in [2.45, 2.75) is 6.18 Å².